The molecule has 0 aromatic heterocycles. The molecule has 0 saturated carbocycles. The van der Waals surface area contributed by atoms with Gasteiger partial charge in [-0.2, -0.15) is 4.31 Å². The highest BCUT2D eigenvalue weighted by molar-refractivity contribution is 7.92. The van der Waals surface area contributed by atoms with Gasteiger partial charge in [0.1, 0.15) is 11.9 Å². The largest absolute Gasteiger partial charge is 0.489 e. The monoisotopic (exact) mass is 500 g/mol. The number of hydrogen-bond acceptors (Lipinski definition) is 5. The van der Waals surface area contributed by atoms with E-state index < -0.39 is 20.0 Å². The minimum absolute atomic E-state index is 0.107. The zero-order valence-electron chi connectivity index (χ0n) is 18.4. The summed E-state index contributed by atoms with van der Waals surface area (Å²) in [6, 6.07) is 13.0. The lowest BCUT2D eigenvalue weighted by atomic mass is 10.1. The molecular formula is C22H29ClN2O5S2. The average Bonchev–Trinajstić information content (AvgIpc) is 2.72. The second-order valence-electron chi connectivity index (χ2n) is 8.38. The summed E-state index contributed by atoms with van der Waals surface area (Å²) in [4.78, 5) is 0.145. The predicted octanol–water partition coefficient (Wildman–Crippen LogP) is 3.99. The van der Waals surface area contributed by atoms with E-state index in [0.717, 1.165) is 6.42 Å². The van der Waals surface area contributed by atoms with E-state index in [9.17, 15) is 16.8 Å². The van der Waals surface area contributed by atoms with Gasteiger partial charge in [0.2, 0.25) is 10.0 Å². The molecule has 32 heavy (non-hydrogen) atoms. The first-order valence-corrected chi connectivity index (χ1v) is 14.1. The molecule has 10 heteroatoms. The zero-order chi connectivity index (χ0) is 23.5. The molecule has 176 valence electrons. The van der Waals surface area contributed by atoms with Gasteiger partial charge in [0.25, 0.3) is 10.0 Å². The molecule has 2 aromatic rings. The van der Waals surface area contributed by atoms with Crippen LogP contribution < -0.4 is 9.04 Å². The summed E-state index contributed by atoms with van der Waals surface area (Å²) in [5, 5.41) is 0.464. The van der Waals surface area contributed by atoms with Crippen LogP contribution in [-0.2, 0) is 20.0 Å². The van der Waals surface area contributed by atoms with Crippen LogP contribution in [0, 0.1) is 5.92 Å². The number of benzene rings is 2. The Morgan fingerprint density at radius 3 is 2.41 bits per heavy atom. The van der Waals surface area contributed by atoms with Gasteiger partial charge in [-0.1, -0.05) is 31.5 Å². The lowest BCUT2D eigenvalue weighted by molar-refractivity contribution is 0.130. The van der Waals surface area contributed by atoms with Crippen LogP contribution >= 0.6 is 11.6 Å². The standard InChI is InChI=1S/C22H29ClN2O5S2/c1-17(2)15-25(19-7-4-6-18(23)14-19)32(28,29)22-11-9-20(10-12-22)30-21-8-5-13-24(16-21)31(3,26)27/h4,6-7,9-12,14,17,21H,5,8,13,15-16H2,1-3H3/t21-/m0/s1. The van der Waals surface area contributed by atoms with Crippen molar-refractivity contribution >= 4 is 37.3 Å². The van der Waals surface area contributed by atoms with E-state index in [1.54, 1.807) is 36.4 Å². The molecule has 1 fully saturated rings. The lowest BCUT2D eigenvalue weighted by Crippen LogP contribution is -2.43. The molecule has 0 bridgehead atoms. The molecule has 1 atom stereocenters. The van der Waals surface area contributed by atoms with Crippen LogP contribution in [0.5, 0.6) is 5.75 Å². The van der Waals surface area contributed by atoms with Crippen molar-refractivity contribution in [2.45, 2.75) is 37.7 Å². The fourth-order valence-electron chi connectivity index (χ4n) is 3.62. The molecule has 2 aromatic carbocycles. The Labute approximate surface area is 196 Å². The molecule has 1 aliphatic heterocycles. The Morgan fingerprint density at radius 1 is 1.12 bits per heavy atom. The number of piperidine rings is 1. The number of nitrogens with zero attached hydrogens (tertiary/aromatic N) is 2. The molecule has 0 N–H and O–H groups in total. The number of anilines is 1. The number of ether oxygens (including phenoxy) is 1. The Bertz CT molecular complexity index is 1140. The third kappa shape index (κ3) is 6.15. The van der Waals surface area contributed by atoms with E-state index in [1.807, 2.05) is 13.8 Å². The van der Waals surface area contributed by atoms with Gasteiger partial charge < -0.3 is 4.74 Å². The fourth-order valence-corrected chi connectivity index (χ4v) is 6.32. The second-order valence-corrected chi connectivity index (χ2v) is 12.7. The van der Waals surface area contributed by atoms with Crippen LogP contribution in [0.15, 0.2) is 53.4 Å². The van der Waals surface area contributed by atoms with Crippen LogP contribution in [0.4, 0.5) is 5.69 Å². The maximum atomic E-state index is 13.4. The summed E-state index contributed by atoms with van der Waals surface area (Å²) in [6.07, 6.45) is 2.37. The Hall–Kier alpha value is -1.81. The van der Waals surface area contributed by atoms with Gasteiger partial charge in [-0.25, -0.2) is 16.8 Å². The summed E-state index contributed by atoms with van der Waals surface area (Å²) < 4.78 is 59.1. The van der Waals surface area contributed by atoms with Crippen molar-refractivity contribution in [2.24, 2.45) is 5.92 Å². The summed E-state index contributed by atoms with van der Waals surface area (Å²) >= 11 is 6.09. The molecule has 1 saturated heterocycles. The smallest absolute Gasteiger partial charge is 0.264 e. The minimum atomic E-state index is -3.81. The normalized spacial score (nSPS) is 18.0. The summed E-state index contributed by atoms with van der Waals surface area (Å²) in [5.41, 5.74) is 0.509. The highest BCUT2D eigenvalue weighted by Crippen LogP contribution is 2.29. The predicted molar refractivity (Wildman–Crippen MR) is 127 cm³/mol. The van der Waals surface area contributed by atoms with E-state index >= 15 is 0 Å². The topological polar surface area (TPSA) is 84.0 Å². The van der Waals surface area contributed by atoms with Crippen LogP contribution in [-0.4, -0.2) is 53.1 Å². The maximum Gasteiger partial charge on any atom is 0.264 e. The van der Waals surface area contributed by atoms with Gasteiger partial charge in [-0.05, 0) is 61.2 Å². The van der Waals surface area contributed by atoms with E-state index in [4.69, 9.17) is 16.3 Å². The van der Waals surface area contributed by atoms with Gasteiger partial charge in [0, 0.05) is 18.1 Å². The highest BCUT2D eigenvalue weighted by Gasteiger charge is 2.28. The first-order chi connectivity index (χ1) is 15.0. The van der Waals surface area contributed by atoms with Gasteiger partial charge in [-0.3, -0.25) is 4.31 Å². The van der Waals surface area contributed by atoms with Crippen LogP contribution in [0.1, 0.15) is 26.7 Å². The van der Waals surface area contributed by atoms with Crippen molar-refractivity contribution in [3.05, 3.63) is 53.6 Å². The van der Waals surface area contributed by atoms with Crippen LogP contribution in [0.3, 0.4) is 0 Å². The first-order valence-electron chi connectivity index (χ1n) is 10.5. The van der Waals surface area contributed by atoms with E-state index in [0.29, 0.717) is 36.0 Å². The van der Waals surface area contributed by atoms with Gasteiger partial charge in [0.15, 0.2) is 0 Å². The molecule has 0 radical (unpaired) electrons. The second kappa shape index (κ2) is 9.99. The van der Waals surface area contributed by atoms with Crippen molar-refractivity contribution in [1.82, 2.24) is 4.31 Å². The molecule has 7 nitrogen and oxygen atoms in total. The number of halogens is 1. The first kappa shape index (κ1) is 24.8. The third-order valence-electron chi connectivity index (χ3n) is 5.15. The summed E-state index contributed by atoms with van der Waals surface area (Å²) in [7, 11) is -7.08. The summed E-state index contributed by atoms with van der Waals surface area (Å²) in [6.45, 7) is 4.99. The number of rotatable bonds is 8. The fraction of sp³-hybridized carbons (Fsp3) is 0.455. The van der Waals surface area contributed by atoms with Gasteiger partial charge >= 0.3 is 0 Å². The zero-order valence-corrected chi connectivity index (χ0v) is 20.8. The van der Waals surface area contributed by atoms with Crippen molar-refractivity contribution in [2.75, 3.05) is 30.2 Å². The quantitative estimate of drug-likeness (QED) is 0.547. The van der Waals surface area contributed by atoms with E-state index in [-0.39, 0.29) is 23.5 Å². The van der Waals surface area contributed by atoms with Crippen LogP contribution in [0.25, 0.3) is 0 Å². The Balaban J connectivity index is 1.80. The Kier molecular flexibility index (Phi) is 7.75. The number of sulfonamides is 2. The SMILES string of the molecule is CC(C)CN(c1cccc(Cl)c1)S(=O)(=O)c1ccc(O[C@H]2CCCN(S(C)(=O)=O)C2)cc1. The lowest BCUT2D eigenvalue weighted by Gasteiger charge is -2.31. The molecule has 0 unspecified atom stereocenters. The van der Waals surface area contributed by atoms with E-state index in [2.05, 4.69) is 0 Å². The van der Waals surface area contributed by atoms with Crippen LogP contribution in [0.2, 0.25) is 5.02 Å². The minimum Gasteiger partial charge on any atom is -0.489 e. The molecule has 1 heterocycles. The molecule has 0 aliphatic carbocycles. The van der Waals surface area contributed by atoms with Crippen molar-refractivity contribution < 1.29 is 21.6 Å². The molecule has 0 amide bonds. The number of hydrogen-bond donors (Lipinski definition) is 0. The van der Waals surface area contributed by atoms with E-state index in [1.165, 1.54) is 27.0 Å². The van der Waals surface area contributed by atoms with Crippen molar-refractivity contribution in [3.63, 3.8) is 0 Å². The third-order valence-corrected chi connectivity index (χ3v) is 8.46. The molecule has 0 spiro atoms. The van der Waals surface area contributed by atoms with Gasteiger partial charge in [-0.15, -0.1) is 0 Å². The average molecular weight is 501 g/mol. The Morgan fingerprint density at radius 2 is 1.81 bits per heavy atom. The molecular weight excluding hydrogens is 472 g/mol. The summed E-state index contributed by atoms with van der Waals surface area (Å²) in [5.74, 6) is 0.609. The van der Waals surface area contributed by atoms with Crippen molar-refractivity contribution in [1.29, 1.82) is 0 Å². The highest BCUT2D eigenvalue weighted by atomic mass is 35.5. The maximum absolute atomic E-state index is 13.4. The molecule has 1 aliphatic rings. The molecule has 3 rings (SSSR count). The van der Waals surface area contributed by atoms with Crippen molar-refractivity contribution in [3.8, 4) is 5.75 Å². The van der Waals surface area contributed by atoms with Gasteiger partial charge in [0.05, 0.1) is 23.4 Å².